The van der Waals surface area contributed by atoms with Crippen LogP contribution in [-0.2, 0) is 9.53 Å². The fourth-order valence-electron chi connectivity index (χ4n) is 4.14. The summed E-state index contributed by atoms with van der Waals surface area (Å²) in [6.45, 7) is 14.4. The maximum atomic E-state index is 11.9. The minimum absolute atomic E-state index is 0.0204. The lowest BCUT2D eigenvalue weighted by Gasteiger charge is -2.55. The van der Waals surface area contributed by atoms with Crippen LogP contribution < -0.4 is 5.32 Å². The van der Waals surface area contributed by atoms with Crippen LogP contribution >= 0.6 is 0 Å². The summed E-state index contributed by atoms with van der Waals surface area (Å²) in [5.41, 5.74) is -0.671. The quantitative estimate of drug-likeness (QED) is 0.642. The first-order chi connectivity index (χ1) is 12.9. The minimum Gasteiger partial charge on any atom is -0.486 e. The second kappa shape index (κ2) is 12.2. The normalized spacial score (nSPS) is 32.7. The van der Waals surface area contributed by atoms with Gasteiger partial charge in [0.2, 0.25) is 5.91 Å². The van der Waals surface area contributed by atoms with Crippen molar-refractivity contribution in [2.45, 2.75) is 84.3 Å². The molecule has 1 amide bonds. The van der Waals surface area contributed by atoms with E-state index in [-0.39, 0.29) is 23.0 Å². The predicted molar refractivity (Wildman–Crippen MR) is 111 cm³/mol. The maximum absolute atomic E-state index is 11.9. The van der Waals surface area contributed by atoms with Crippen molar-refractivity contribution < 1.29 is 19.7 Å². The highest BCUT2D eigenvalue weighted by Gasteiger charge is 2.71. The summed E-state index contributed by atoms with van der Waals surface area (Å²) in [5, 5.41) is 18.7. The molecule has 2 fully saturated rings. The summed E-state index contributed by atoms with van der Waals surface area (Å²) in [6, 6.07) is 0. The van der Waals surface area contributed by atoms with Gasteiger partial charge in [-0.15, -0.1) is 0 Å². The molecule has 0 bridgehead atoms. The topological polar surface area (TPSA) is 78.8 Å². The maximum Gasteiger partial charge on any atom is 0.228 e. The third-order valence-corrected chi connectivity index (χ3v) is 5.67. The van der Waals surface area contributed by atoms with E-state index in [0.29, 0.717) is 12.5 Å². The van der Waals surface area contributed by atoms with Gasteiger partial charge in [-0.05, 0) is 44.9 Å². The largest absolute Gasteiger partial charge is 0.486 e. The Hall–Kier alpha value is -1.33. The third kappa shape index (κ3) is 5.14. The van der Waals surface area contributed by atoms with Gasteiger partial charge in [0, 0.05) is 13.7 Å². The molecule has 0 radical (unpaired) electrons. The smallest absolute Gasteiger partial charge is 0.228 e. The van der Waals surface area contributed by atoms with Crippen LogP contribution in [0.2, 0.25) is 0 Å². The van der Waals surface area contributed by atoms with E-state index in [4.69, 9.17) is 14.9 Å². The van der Waals surface area contributed by atoms with Crippen molar-refractivity contribution in [1.82, 2.24) is 5.32 Å². The van der Waals surface area contributed by atoms with Gasteiger partial charge in [0.15, 0.2) is 0 Å². The summed E-state index contributed by atoms with van der Waals surface area (Å²) in [5.74, 6) is 1.29. The van der Waals surface area contributed by atoms with Gasteiger partial charge in [-0.1, -0.05) is 52.8 Å². The molecule has 2 saturated heterocycles. The van der Waals surface area contributed by atoms with Crippen LogP contribution in [0.3, 0.4) is 0 Å². The molecule has 5 nitrogen and oxygen atoms in total. The molecule has 3 rings (SSSR count). The van der Waals surface area contributed by atoms with Crippen molar-refractivity contribution in [3.63, 3.8) is 0 Å². The number of rotatable bonds is 4. The summed E-state index contributed by atoms with van der Waals surface area (Å²) < 4.78 is 5.70. The van der Waals surface area contributed by atoms with E-state index in [1.54, 1.807) is 0 Å². The third-order valence-electron chi connectivity index (χ3n) is 5.67. The molecular formula is C22H41NO4. The summed E-state index contributed by atoms with van der Waals surface area (Å²) in [6.07, 6.45) is 10.6. The Balaban J connectivity index is 0.000000477. The Morgan fingerprint density at radius 1 is 1.33 bits per heavy atom. The Labute approximate surface area is 165 Å². The molecule has 0 aromatic carbocycles. The van der Waals surface area contributed by atoms with E-state index in [1.807, 2.05) is 20.8 Å². The highest BCUT2D eigenvalue weighted by molar-refractivity contribution is 5.86. The molecule has 5 heteroatoms. The molecular weight excluding hydrogens is 342 g/mol. The van der Waals surface area contributed by atoms with Gasteiger partial charge in [0.05, 0.1) is 5.92 Å². The van der Waals surface area contributed by atoms with Crippen molar-refractivity contribution in [2.75, 3.05) is 13.7 Å². The van der Waals surface area contributed by atoms with E-state index in [0.717, 1.165) is 32.1 Å². The lowest BCUT2D eigenvalue weighted by molar-refractivity contribution is -0.162. The van der Waals surface area contributed by atoms with Crippen molar-refractivity contribution in [3.8, 4) is 0 Å². The van der Waals surface area contributed by atoms with Crippen LogP contribution in [0.4, 0.5) is 0 Å². The monoisotopic (exact) mass is 383 g/mol. The zero-order valence-electron chi connectivity index (χ0n) is 18.2. The van der Waals surface area contributed by atoms with Crippen LogP contribution in [0.1, 0.15) is 73.1 Å². The molecule has 0 aromatic rings. The number of hydrogen-bond acceptors (Lipinski definition) is 4. The molecule has 0 aromatic heterocycles. The number of nitrogens with one attached hydrogen (secondary N) is 1. The molecule has 0 spiro atoms. The Bertz CT molecular complexity index is 491. The molecule has 27 heavy (non-hydrogen) atoms. The highest BCUT2D eigenvalue weighted by atomic mass is 16.5. The summed E-state index contributed by atoms with van der Waals surface area (Å²) in [4.78, 5) is 11.9. The zero-order valence-corrected chi connectivity index (χ0v) is 18.2. The average Bonchev–Trinajstić information content (AvgIpc) is 2.89. The molecule has 3 aliphatic rings. The van der Waals surface area contributed by atoms with E-state index in [1.165, 1.54) is 19.3 Å². The van der Waals surface area contributed by atoms with Crippen molar-refractivity contribution >= 4 is 5.91 Å². The molecule has 1 aliphatic carbocycles. The highest BCUT2D eigenvalue weighted by Crippen LogP contribution is 2.56. The van der Waals surface area contributed by atoms with Crippen molar-refractivity contribution in [1.29, 1.82) is 0 Å². The summed E-state index contributed by atoms with van der Waals surface area (Å²) in [7, 11) is 1.00. The fourth-order valence-corrected chi connectivity index (χ4v) is 4.14. The number of ether oxygens (including phenoxy) is 1. The van der Waals surface area contributed by atoms with Crippen molar-refractivity contribution in [2.24, 2.45) is 11.8 Å². The van der Waals surface area contributed by atoms with Crippen LogP contribution in [-0.4, -0.2) is 41.0 Å². The first-order valence-electron chi connectivity index (χ1n) is 10.4. The van der Waals surface area contributed by atoms with Crippen LogP contribution in [0.15, 0.2) is 24.5 Å². The SMILES string of the molecule is C=C1O[C@@]2(C)[C@@H](CCC)C(=O)N[C@@]12CC.CC.CO.OC[C@@H]1C=CCCC1. The second-order valence-corrected chi connectivity index (χ2v) is 7.02. The first-order valence-corrected chi connectivity index (χ1v) is 10.4. The minimum atomic E-state index is -0.369. The van der Waals surface area contributed by atoms with Gasteiger partial charge in [0.1, 0.15) is 16.9 Å². The molecule has 3 N–H and O–H groups in total. The molecule has 0 saturated carbocycles. The molecule has 158 valence electrons. The van der Waals surface area contributed by atoms with Crippen LogP contribution in [0.25, 0.3) is 0 Å². The van der Waals surface area contributed by atoms with Crippen LogP contribution in [0.5, 0.6) is 0 Å². The second-order valence-electron chi connectivity index (χ2n) is 7.02. The number of fused-ring (bicyclic) bond motifs is 1. The fraction of sp³-hybridized carbons (Fsp3) is 0.773. The van der Waals surface area contributed by atoms with E-state index in [2.05, 4.69) is 37.9 Å². The van der Waals surface area contributed by atoms with Gasteiger partial charge < -0.3 is 20.3 Å². The number of amides is 1. The molecule has 2 aliphatic heterocycles. The number of carbonyl (C=O) groups excluding carboxylic acids is 1. The van der Waals surface area contributed by atoms with Gasteiger partial charge in [-0.25, -0.2) is 0 Å². The molecule has 2 heterocycles. The van der Waals surface area contributed by atoms with E-state index in [9.17, 15) is 4.79 Å². The summed E-state index contributed by atoms with van der Waals surface area (Å²) >= 11 is 0. The lowest BCUT2D eigenvalue weighted by Crippen LogP contribution is -2.68. The first kappa shape index (κ1) is 25.7. The number of aliphatic hydroxyl groups excluding tert-OH is 2. The molecule has 4 atom stereocenters. The average molecular weight is 384 g/mol. The van der Waals surface area contributed by atoms with Gasteiger partial charge in [0.25, 0.3) is 0 Å². The van der Waals surface area contributed by atoms with Crippen molar-refractivity contribution in [3.05, 3.63) is 24.5 Å². The standard InChI is InChI=1S/C12H19NO2.C7H12O.C2H6.CH4O/c1-5-7-9-10(14)13-12(6-2)8(3)15-11(9,12)4;8-6-7-4-2-1-3-5-7;2*1-2/h9H,3,5-7H2,1-2,4H3,(H,13,14);2,4,7-8H,1,3,5-6H2;1-2H3;2H,1H3/t9-,11-,12-;7-;;/m01../s1. The van der Waals surface area contributed by atoms with Gasteiger partial charge >= 0.3 is 0 Å². The Morgan fingerprint density at radius 2 is 1.96 bits per heavy atom. The Kier molecular flexibility index (Phi) is 11.6. The van der Waals surface area contributed by atoms with E-state index < -0.39 is 0 Å². The van der Waals surface area contributed by atoms with E-state index >= 15 is 0 Å². The number of allylic oxidation sites excluding steroid dienone is 1. The zero-order chi connectivity index (χ0) is 21.1. The lowest BCUT2D eigenvalue weighted by atomic mass is 9.68. The molecule has 0 unspecified atom stereocenters. The van der Waals surface area contributed by atoms with Gasteiger partial charge in [-0.2, -0.15) is 0 Å². The number of aliphatic hydroxyl groups is 2. The van der Waals surface area contributed by atoms with Crippen LogP contribution in [0, 0.1) is 11.8 Å². The predicted octanol–water partition coefficient (Wildman–Crippen LogP) is 3.95. The Morgan fingerprint density at radius 3 is 2.30 bits per heavy atom. The number of hydrogen-bond donors (Lipinski definition) is 3. The number of carbonyl (C=O) groups is 1. The van der Waals surface area contributed by atoms with Gasteiger partial charge in [-0.3, -0.25) is 4.79 Å².